The lowest BCUT2D eigenvalue weighted by Crippen LogP contribution is -2.19. The van der Waals surface area contributed by atoms with Crippen LogP contribution in [0.1, 0.15) is 25.8 Å². The van der Waals surface area contributed by atoms with Crippen LogP contribution >= 0.6 is 11.8 Å². The zero-order valence-corrected chi connectivity index (χ0v) is 16.4. The van der Waals surface area contributed by atoms with Gasteiger partial charge in [-0.05, 0) is 42.4 Å². The molecule has 1 aromatic carbocycles. The van der Waals surface area contributed by atoms with E-state index >= 15 is 0 Å². The number of amides is 1. The second-order valence-electron chi connectivity index (χ2n) is 5.20. The van der Waals surface area contributed by atoms with Gasteiger partial charge in [0, 0.05) is 12.5 Å². The van der Waals surface area contributed by atoms with Gasteiger partial charge in [0.15, 0.2) is 16.7 Å². The fourth-order valence-corrected chi connectivity index (χ4v) is 2.68. The summed E-state index contributed by atoms with van der Waals surface area (Å²) in [5, 5.41) is 10.6. The summed E-state index contributed by atoms with van der Waals surface area (Å²) in [6, 6.07) is 4.96. The van der Waals surface area contributed by atoms with Crippen molar-refractivity contribution in [2.45, 2.75) is 20.3 Å². The summed E-state index contributed by atoms with van der Waals surface area (Å²) < 4.78 is 15.2. The summed E-state index contributed by atoms with van der Waals surface area (Å²) in [4.78, 5) is 34.6. The molecule has 0 aliphatic carbocycles. The fourth-order valence-electron chi connectivity index (χ4n) is 1.94. The number of rotatable bonds is 7. The largest absolute Gasteiger partial charge is 0.490 e. The Bertz CT molecular complexity index is 863. The van der Waals surface area contributed by atoms with Crippen molar-refractivity contribution in [2.75, 3.05) is 13.7 Å². The molecule has 1 amide bonds. The molecule has 1 aromatic rings. The number of benzene rings is 1. The van der Waals surface area contributed by atoms with E-state index in [9.17, 15) is 14.4 Å². The SMILES string of the molecule is CCOc1cc(C=N/N=C2/NC(=O)/C(=C\C(=O)OC)S2)ccc1OC(=O)CC. The summed E-state index contributed by atoms with van der Waals surface area (Å²) in [6.07, 6.45) is 2.79. The van der Waals surface area contributed by atoms with E-state index in [2.05, 4.69) is 20.3 Å². The van der Waals surface area contributed by atoms with Gasteiger partial charge in [-0.15, -0.1) is 5.10 Å². The topological polar surface area (TPSA) is 116 Å². The average molecular weight is 405 g/mol. The fraction of sp³-hybridized carbons (Fsp3) is 0.278. The first kappa shape index (κ1) is 21.2. The Balaban J connectivity index is 2.11. The number of nitrogens with zero attached hydrogens (tertiary/aromatic N) is 2. The van der Waals surface area contributed by atoms with Gasteiger partial charge < -0.3 is 14.2 Å². The first-order chi connectivity index (χ1) is 13.5. The number of amidine groups is 1. The van der Waals surface area contributed by atoms with E-state index in [1.54, 1.807) is 25.1 Å². The number of esters is 2. The van der Waals surface area contributed by atoms with Crippen LogP contribution in [0.3, 0.4) is 0 Å². The maximum atomic E-state index is 11.7. The molecule has 1 aliphatic heterocycles. The van der Waals surface area contributed by atoms with Crippen LogP contribution in [-0.2, 0) is 19.1 Å². The van der Waals surface area contributed by atoms with Gasteiger partial charge in [0.05, 0.1) is 24.8 Å². The zero-order valence-electron chi connectivity index (χ0n) is 15.6. The van der Waals surface area contributed by atoms with E-state index in [4.69, 9.17) is 9.47 Å². The predicted molar refractivity (Wildman–Crippen MR) is 104 cm³/mol. The maximum Gasteiger partial charge on any atom is 0.331 e. The van der Waals surface area contributed by atoms with E-state index in [1.165, 1.54) is 13.3 Å². The van der Waals surface area contributed by atoms with Gasteiger partial charge in [-0.1, -0.05) is 6.92 Å². The summed E-state index contributed by atoms with van der Waals surface area (Å²) >= 11 is 0.974. The molecule has 0 bridgehead atoms. The van der Waals surface area contributed by atoms with Crippen molar-refractivity contribution in [3.8, 4) is 11.5 Å². The number of nitrogens with one attached hydrogen (secondary N) is 1. The lowest BCUT2D eigenvalue weighted by atomic mass is 10.2. The predicted octanol–water partition coefficient (Wildman–Crippen LogP) is 2.01. The molecule has 9 nitrogen and oxygen atoms in total. The van der Waals surface area contributed by atoms with Crippen LogP contribution in [0, 0.1) is 0 Å². The van der Waals surface area contributed by atoms with E-state index in [1.807, 2.05) is 6.92 Å². The number of hydrogen-bond acceptors (Lipinski definition) is 9. The van der Waals surface area contributed by atoms with Crippen molar-refractivity contribution >= 4 is 41.0 Å². The van der Waals surface area contributed by atoms with Crippen molar-refractivity contribution < 1.29 is 28.6 Å². The summed E-state index contributed by atoms with van der Waals surface area (Å²) in [5.74, 6) is -0.709. The number of carbonyl (C=O) groups excluding carboxylic acids is 3. The molecular formula is C18H19N3O6S. The lowest BCUT2D eigenvalue weighted by molar-refractivity contribution is -0.135. The van der Waals surface area contributed by atoms with Crippen molar-refractivity contribution in [3.63, 3.8) is 0 Å². The van der Waals surface area contributed by atoms with Crippen LogP contribution in [-0.4, -0.2) is 42.9 Å². The minimum absolute atomic E-state index is 0.168. The van der Waals surface area contributed by atoms with Gasteiger partial charge >= 0.3 is 11.9 Å². The highest BCUT2D eigenvalue weighted by Gasteiger charge is 2.25. The highest BCUT2D eigenvalue weighted by Crippen LogP contribution is 2.28. The van der Waals surface area contributed by atoms with E-state index in [0.717, 1.165) is 17.8 Å². The molecule has 0 aromatic heterocycles. The molecule has 10 heteroatoms. The maximum absolute atomic E-state index is 11.7. The molecule has 1 fully saturated rings. The number of carbonyl (C=O) groups is 3. The Morgan fingerprint density at radius 2 is 2.04 bits per heavy atom. The second kappa shape index (κ2) is 10.3. The molecule has 0 atom stereocenters. The van der Waals surface area contributed by atoms with Crippen LogP contribution in [0.2, 0.25) is 0 Å². The zero-order chi connectivity index (χ0) is 20.5. The van der Waals surface area contributed by atoms with Gasteiger partial charge in [0.1, 0.15) is 0 Å². The first-order valence-corrected chi connectivity index (χ1v) is 9.15. The van der Waals surface area contributed by atoms with Gasteiger partial charge in [0.25, 0.3) is 5.91 Å². The van der Waals surface area contributed by atoms with Crippen molar-refractivity contribution in [1.82, 2.24) is 5.32 Å². The molecule has 1 aliphatic rings. The number of ether oxygens (including phenoxy) is 3. The molecule has 0 saturated carbocycles. The molecule has 0 unspecified atom stereocenters. The smallest absolute Gasteiger partial charge is 0.331 e. The number of methoxy groups -OCH3 is 1. The molecular weight excluding hydrogens is 386 g/mol. The molecule has 1 heterocycles. The van der Waals surface area contributed by atoms with Crippen LogP contribution in [0.15, 0.2) is 39.4 Å². The minimum atomic E-state index is -0.630. The Morgan fingerprint density at radius 1 is 1.25 bits per heavy atom. The van der Waals surface area contributed by atoms with Crippen LogP contribution in [0.4, 0.5) is 0 Å². The van der Waals surface area contributed by atoms with Gasteiger partial charge in [-0.25, -0.2) is 4.79 Å². The van der Waals surface area contributed by atoms with Crippen molar-refractivity contribution in [2.24, 2.45) is 10.2 Å². The van der Waals surface area contributed by atoms with Crippen LogP contribution in [0.25, 0.3) is 0 Å². The lowest BCUT2D eigenvalue weighted by Gasteiger charge is -2.10. The second-order valence-corrected chi connectivity index (χ2v) is 6.24. The Kier molecular flexibility index (Phi) is 7.76. The molecule has 0 radical (unpaired) electrons. The quantitative estimate of drug-likeness (QED) is 0.242. The van der Waals surface area contributed by atoms with Gasteiger partial charge in [-0.3, -0.25) is 14.9 Å². The van der Waals surface area contributed by atoms with Crippen molar-refractivity contribution in [3.05, 3.63) is 34.7 Å². The van der Waals surface area contributed by atoms with Gasteiger partial charge in [0.2, 0.25) is 0 Å². The monoisotopic (exact) mass is 405 g/mol. The standard InChI is InChI=1S/C18H19N3O6S/c1-4-15(22)27-12-7-6-11(8-13(12)26-5-2)10-19-21-18-20-17(24)14(28-18)9-16(23)25-3/h6-10H,4-5H2,1-3H3,(H,20,21,24)/b14-9+,19-10?. The number of hydrogen-bond donors (Lipinski definition) is 1. The minimum Gasteiger partial charge on any atom is -0.490 e. The van der Waals surface area contributed by atoms with E-state index < -0.39 is 11.9 Å². The Labute approximate surface area is 165 Å². The average Bonchev–Trinajstić information content (AvgIpc) is 3.02. The summed E-state index contributed by atoms with van der Waals surface area (Å²) in [5.41, 5.74) is 0.656. The first-order valence-electron chi connectivity index (χ1n) is 8.34. The van der Waals surface area contributed by atoms with Gasteiger partial charge in [-0.2, -0.15) is 5.10 Å². The molecule has 0 spiro atoms. The summed E-state index contributed by atoms with van der Waals surface area (Å²) in [7, 11) is 1.22. The third kappa shape index (κ3) is 5.95. The highest BCUT2D eigenvalue weighted by molar-refractivity contribution is 8.18. The molecule has 1 saturated heterocycles. The molecule has 148 valence electrons. The summed E-state index contributed by atoms with van der Waals surface area (Å²) in [6.45, 7) is 3.92. The Hall–Kier alpha value is -3.14. The normalized spacial score (nSPS) is 16.5. The molecule has 28 heavy (non-hydrogen) atoms. The van der Waals surface area contributed by atoms with Crippen molar-refractivity contribution in [1.29, 1.82) is 0 Å². The number of thioether (sulfide) groups is 1. The third-order valence-corrected chi connectivity index (χ3v) is 4.14. The van der Waals surface area contributed by atoms with Crippen LogP contribution < -0.4 is 14.8 Å². The van der Waals surface area contributed by atoms with Crippen LogP contribution in [0.5, 0.6) is 11.5 Å². The van der Waals surface area contributed by atoms with E-state index in [0.29, 0.717) is 23.7 Å². The molecule has 2 rings (SSSR count). The third-order valence-electron chi connectivity index (χ3n) is 3.24. The highest BCUT2D eigenvalue weighted by atomic mass is 32.2. The Morgan fingerprint density at radius 3 is 2.71 bits per heavy atom. The molecule has 1 N–H and O–H groups in total. The van der Waals surface area contributed by atoms with E-state index in [-0.39, 0.29) is 22.5 Å².